The molecule has 1 aromatic carbocycles. The summed E-state index contributed by atoms with van der Waals surface area (Å²) in [5.41, 5.74) is 7.25. The van der Waals surface area contributed by atoms with Gasteiger partial charge in [0.15, 0.2) is 11.5 Å². The lowest BCUT2D eigenvalue weighted by Gasteiger charge is -2.42. The smallest absolute Gasteiger partial charge is 0.387 e. The number of piperidine rings is 1. The SMILES string of the molecule is CCOc1cc(CN2CCC(N)C(C)(C)C2)ccc1OC(F)F. The molecule has 1 aliphatic rings. The molecule has 0 amide bonds. The molecule has 130 valence electrons. The highest BCUT2D eigenvalue weighted by molar-refractivity contribution is 5.43. The lowest BCUT2D eigenvalue weighted by atomic mass is 9.79. The summed E-state index contributed by atoms with van der Waals surface area (Å²) in [6.07, 6.45) is 0.956. The van der Waals surface area contributed by atoms with Crippen molar-refractivity contribution in [1.29, 1.82) is 0 Å². The van der Waals surface area contributed by atoms with Gasteiger partial charge >= 0.3 is 6.61 Å². The first-order valence-electron chi connectivity index (χ1n) is 8.00. The quantitative estimate of drug-likeness (QED) is 0.871. The second-order valence-electron chi connectivity index (χ2n) is 6.69. The molecule has 6 heteroatoms. The maximum Gasteiger partial charge on any atom is 0.387 e. The van der Waals surface area contributed by atoms with Crippen LogP contribution in [0.4, 0.5) is 8.78 Å². The first kappa shape index (κ1) is 17.9. The predicted molar refractivity (Wildman–Crippen MR) is 85.9 cm³/mol. The van der Waals surface area contributed by atoms with E-state index >= 15 is 0 Å². The summed E-state index contributed by atoms with van der Waals surface area (Å²) in [5.74, 6) is 0.435. The van der Waals surface area contributed by atoms with Crippen molar-refractivity contribution in [1.82, 2.24) is 4.90 Å². The van der Waals surface area contributed by atoms with Crippen molar-refractivity contribution in [2.24, 2.45) is 11.1 Å². The molecule has 1 aliphatic heterocycles. The Balaban J connectivity index is 2.09. The fourth-order valence-corrected chi connectivity index (χ4v) is 2.99. The van der Waals surface area contributed by atoms with Gasteiger partial charge in [0.2, 0.25) is 0 Å². The van der Waals surface area contributed by atoms with Crippen LogP contribution in [0.5, 0.6) is 11.5 Å². The van der Waals surface area contributed by atoms with Gasteiger partial charge in [0.05, 0.1) is 6.61 Å². The molecular weight excluding hydrogens is 302 g/mol. The zero-order valence-corrected chi connectivity index (χ0v) is 14.0. The average molecular weight is 328 g/mol. The Morgan fingerprint density at radius 3 is 2.70 bits per heavy atom. The molecule has 1 heterocycles. The first-order chi connectivity index (χ1) is 10.8. The Labute approximate surface area is 136 Å². The molecule has 0 spiro atoms. The molecule has 2 rings (SSSR count). The molecule has 1 atom stereocenters. The highest BCUT2D eigenvalue weighted by Gasteiger charge is 2.33. The normalized spacial score (nSPS) is 21.4. The molecule has 1 saturated heterocycles. The number of likely N-dealkylation sites (tertiary alicyclic amines) is 1. The fourth-order valence-electron chi connectivity index (χ4n) is 2.99. The Morgan fingerprint density at radius 2 is 2.09 bits per heavy atom. The van der Waals surface area contributed by atoms with Crippen molar-refractivity contribution in [3.63, 3.8) is 0 Å². The lowest BCUT2D eigenvalue weighted by molar-refractivity contribution is -0.0514. The minimum absolute atomic E-state index is 0.0692. The first-order valence-corrected chi connectivity index (χ1v) is 8.00. The van der Waals surface area contributed by atoms with E-state index in [0.29, 0.717) is 12.4 Å². The molecule has 0 aromatic heterocycles. The monoisotopic (exact) mass is 328 g/mol. The van der Waals surface area contributed by atoms with Crippen molar-refractivity contribution in [3.8, 4) is 11.5 Å². The van der Waals surface area contributed by atoms with E-state index < -0.39 is 6.61 Å². The number of hydrogen-bond acceptors (Lipinski definition) is 4. The van der Waals surface area contributed by atoms with Gasteiger partial charge in [0, 0.05) is 25.7 Å². The molecule has 0 bridgehead atoms. The Morgan fingerprint density at radius 1 is 1.35 bits per heavy atom. The van der Waals surface area contributed by atoms with E-state index in [4.69, 9.17) is 10.5 Å². The van der Waals surface area contributed by atoms with Crippen molar-refractivity contribution in [2.75, 3.05) is 19.7 Å². The third-order valence-electron chi connectivity index (χ3n) is 4.32. The Bertz CT molecular complexity index is 523. The summed E-state index contributed by atoms with van der Waals surface area (Å²) in [6, 6.07) is 5.34. The van der Waals surface area contributed by atoms with Gasteiger partial charge in [-0.05, 0) is 36.5 Å². The number of nitrogens with zero attached hydrogens (tertiary/aromatic N) is 1. The van der Waals surface area contributed by atoms with E-state index in [2.05, 4.69) is 23.5 Å². The zero-order chi connectivity index (χ0) is 17.0. The molecule has 0 aliphatic carbocycles. The van der Waals surface area contributed by atoms with Gasteiger partial charge in [-0.3, -0.25) is 4.90 Å². The van der Waals surface area contributed by atoms with E-state index in [1.54, 1.807) is 12.1 Å². The highest BCUT2D eigenvalue weighted by atomic mass is 19.3. The molecule has 1 aromatic rings. The van der Waals surface area contributed by atoms with Crippen molar-refractivity contribution < 1.29 is 18.3 Å². The third kappa shape index (κ3) is 4.78. The summed E-state index contributed by atoms with van der Waals surface area (Å²) in [6.45, 7) is 6.29. The standard InChI is InChI=1S/C17H26F2N2O2/c1-4-22-14-9-12(5-6-13(14)23-16(18)19)10-21-8-7-15(20)17(2,3)11-21/h5-6,9,15-16H,4,7-8,10-11,20H2,1-3H3. The van der Waals surface area contributed by atoms with Crippen molar-refractivity contribution in [3.05, 3.63) is 23.8 Å². The Hall–Kier alpha value is -1.40. The number of hydrogen-bond donors (Lipinski definition) is 1. The summed E-state index contributed by atoms with van der Waals surface area (Å²) in [7, 11) is 0. The lowest BCUT2D eigenvalue weighted by Crippen LogP contribution is -2.52. The topological polar surface area (TPSA) is 47.7 Å². The molecule has 2 N–H and O–H groups in total. The van der Waals surface area contributed by atoms with E-state index in [-0.39, 0.29) is 17.2 Å². The van der Waals surface area contributed by atoms with E-state index in [1.165, 1.54) is 0 Å². The van der Waals surface area contributed by atoms with Crippen LogP contribution in [0.25, 0.3) is 0 Å². The summed E-state index contributed by atoms with van der Waals surface area (Å²) >= 11 is 0. The summed E-state index contributed by atoms with van der Waals surface area (Å²) < 4.78 is 34.8. The molecule has 1 fully saturated rings. The number of nitrogens with two attached hydrogens (primary N) is 1. The van der Waals surface area contributed by atoms with Crippen LogP contribution in [0.15, 0.2) is 18.2 Å². The number of benzene rings is 1. The predicted octanol–water partition coefficient (Wildman–Crippen LogP) is 3.25. The van der Waals surface area contributed by atoms with Gasteiger partial charge in [-0.2, -0.15) is 8.78 Å². The minimum atomic E-state index is -2.86. The summed E-state index contributed by atoms with van der Waals surface area (Å²) in [4.78, 5) is 2.34. The fraction of sp³-hybridized carbons (Fsp3) is 0.647. The minimum Gasteiger partial charge on any atom is -0.490 e. The molecule has 4 nitrogen and oxygen atoms in total. The van der Waals surface area contributed by atoms with Crippen molar-refractivity contribution >= 4 is 0 Å². The van der Waals surface area contributed by atoms with Crippen LogP contribution < -0.4 is 15.2 Å². The largest absolute Gasteiger partial charge is 0.490 e. The average Bonchev–Trinajstić information content (AvgIpc) is 2.45. The number of alkyl halides is 2. The summed E-state index contributed by atoms with van der Waals surface area (Å²) in [5, 5.41) is 0. The van der Waals surface area contributed by atoms with E-state index in [1.807, 2.05) is 13.0 Å². The Kier molecular flexibility index (Phi) is 5.81. The number of rotatable bonds is 6. The van der Waals surface area contributed by atoms with Crippen LogP contribution in [-0.4, -0.2) is 37.2 Å². The maximum absolute atomic E-state index is 12.4. The van der Waals surface area contributed by atoms with Gasteiger partial charge in [-0.25, -0.2) is 0 Å². The van der Waals surface area contributed by atoms with Crippen LogP contribution in [0.2, 0.25) is 0 Å². The van der Waals surface area contributed by atoms with Crippen LogP contribution >= 0.6 is 0 Å². The van der Waals surface area contributed by atoms with Gasteiger partial charge in [0.25, 0.3) is 0 Å². The van der Waals surface area contributed by atoms with E-state index in [0.717, 1.165) is 31.6 Å². The molecular formula is C17H26F2N2O2. The number of halogens is 2. The maximum atomic E-state index is 12.4. The van der Waals surface area contributed by atoms with Crippen LogP contribution in [0.3, 0.4) is 0 Å². The molecule has 0 saturated carbocycles. The van der Waals surface area contributed by atoms with Crippen LogP contribution in [0.1, 0.15) is 32.8 Å². The molecule has 1 unspecified atom stereocenters. The highest BCUT2D eigenvalue weighted by Crippen LogP contribution is 2.32. The van der Waals surface area contributed by atoms with Gasteiger partial charge in [0.1, 0.15) is 0 Å². The van der Waals surface area contributed by atoms with Crippen molar-refractivity contribution in [2.45, 2.75) is 46.4 Å². The van der Waals surface area contributed by atoms with Gasteiger partial charge in [-0.15, -0.1) is 0 Å². The van der Waals surface area contributed by atoms with E-state index in [9.17, 15) is 8.78 Å². The van der Waals surface area contributed by atoms with Crippen LogP contribution in [-0.2, 0) is 6.54 Å². The number of ether oxygens (including phenoxy) is 2. The zero-order valence-electron chi connectivity index (χ0n) is 14.0. The van der Waals surface area contributed by atoms with Gasteiger partial charge < -0.3 is 15.2 Å². The third-order valence-corrected chi connectivity index (χ3v) is 4.32. The second kappa shape index (κ2) is 7.45. The second-order valence-corrected chi connectivity index (χ2v) is 6.69. The van der Waals surface area contributed by atoms with Crippen LogP contribution in [0, 0.1) is 5.41 Å². The van der Waals surface area contributed by atoms with Gasteiger partial charge in [-0.1, -0.05) is 19.9 Å². The molecule has 23 heavy (non-hydrogen) atoms. The molecule has 0 radical (unpaired) electrons.